The predicted octanol–water partition coefficient (Wildman–Crippen LogP) is 1.42. The van der Waals surface area contributed by atoms with Gasteiger partial charge in [-0.05, 0) is 6.07 Å². The van der Waals surface area contributed by atoms with Gasteiger partial charge >= 0.3 is 0 Å². The van der Waals surface area contributed by atoms with Gasteiger partial charge in [0.2, 0.25) is 0 Å². The summed E-state index contributed by atoms with van der Waals surface area (Å²) < 4.78 is 4.69. The van der Waals surface area contributed by atoms with Gasteiger partial charge < -0.3 is 9.72 Å². The van der Waals surface area contributed by atoms with Gasteiger partial charge in [-0.15, -0.1) is 5.26 Å². The molecule has 0 amide bonds. The Labute approximate surface area is 68.4 Å². The summed E-state index contributed by atoms with van der Waals surface area (Å²) in [7, 11) is 0. The van der Waals surface area contributed by atoms with Crippen LogP contribution in [0.3, 0.4) is 0 Å². The smallest absolute Gasteiger partial charge is 0.292 e. The summed E-state index contributed by atoms with van der Waals surface area (Å²) in [6.45, 7) is 0. The summed E-state index contributed by atoms with van der Waals surface area (Å²) in [5, 5.41) is 9.11. The molecule has 0 radical (unpaired) electrons. The number of fused-ring (bicyclic) bond motifs is 1. The zero-order chi connectivity index (χ0) is 8.39. The Balaban J connectivity index is 2.64. The van der Waals surface area contributed by atoms with Crippen LogP contribution in [0.5, 0.6) is 5.75 Å². The van der Waals surface area contributed by atoms with Crippen molar-refractivity contribution in [1.29, 1.82) is 5.26 Å². The fourth-order valence-electron chi connectivity index (χ4n) is 1.07. The van der Waals surface area contributed by atoms with Gasteiger partial charge in [-0.3, -0.25) is 4.98 Å². The molecule has 1 N–H and O–H groups in total. The first kappa shape index (κ1) is 6.68. The van der Waals surface area contributed by atoms with Crippen LogP contribution >= 0.6 is 0 Å². The number of nitriles is 1. The molecule has 4 heteroatoms. The molecule has 2 rings (SSSR count). The Morgan fingerprint density at radius 1 is 1.58 bits per heavy atom. The molecule has 0 unspecified atom stereocenters. The van der Waals surface area contributed by atoms with Crippen molar-refractivity contribution in [2.75, 3.05) is 0 Å². The second-order valence-corrected chi connectivity index (χ2v) is 2.27. The van der Waals surface area contributed by atoms with Gasteiger partial charge in [0, 0.05) is 18.6 Å². The van der Waals surface area contributed by atoms with Crippen LogP contribution in [-0.4, -0.2) is 9.97 Å². The molecular formula is C8H5N3O. The molecule has 12 heavy (non-hydrogen) atoms. The van der Waals surface area contributed by atoms with E-state index in [1.807, 2.05) is 6.07 Å². The molecule has 0 fully saturated rings. The number of hydrogen-bond donors (Lipinski definition) is 1. The van der Waals surface area contributed by atoms with Gasteiger partial charge in [-0.2, -0.15) is 0 Å². The number of pyridine rings is 1. The summed E-state index contributed by atoms with van der Waals surface area (Å²) in [6, 6.07) is 1.82. The normalized spacial score (nSPS) is 9.58. The van der Waals surface area contributed by atoms with E-state index in [1.54, 1.807) is 24.8 Å². The number of nitrogens with one attached hydrogen (secondary N) is 1. The highest BCUT2D eigenvalue weighted by molar-refractivity contribution is 5.85. The van der Waals surface area contributed by atoms with Crippen LogP contribution < -0.4 is 4.74 Å². The van der Waals surface area contributed by atoms with Crippen LogP contribution in [0, 0.1) is 11.5 Å². The third-order valence-corrected chi connectivity index (χ3v) is 1.60. The minimum atomic E-state index is 0.514. The molecule has 0 spiro atoms. The van der Waals surface area contributed by atoms with Crippen molar-refractivity contribution in [2.24, 2.45) is 0 Å². The summed E-state index contributed by atoms with van der Waals surface area (Å²) in [4.78, 5) is 6.88. The number of ether oxygens (including phenoxy) is 1. The molecule has 0 aromatic carbocycles. The SMILES string of the molecule is N#COc1c[nH]c2ccncc12. The number of hydrogen-bond acceptors (Lipinski definition) is 3. The van der Waals surface area contributed by atoms with Crippen LogP contribution in [0.4, 0.5) is 0 Å². The summed E-state index contributed by atoms with van der Waals surface area (Å²) in [5.74, 6) is 0.514. The van der Waals surface area contributed by atoms with Crippen LogP contribution in [0.2, 0.25) is 0 Å². The lowest BCUT2D eigenvalue weighted by Crippen LogP contribution is -1.78. The van der Waals surface area contributed by atoms with Crippen molar-refractivity contribution in [1.82, 2.24) is 9.97 Å². The summed E-state index contributed by atoms with van der Waals surface area (Å²) in [5.41, 5.74) is 0.912. The standard InChI is InChI=1S/C8H5N3O/c9-5-12-8-4-11-7-1-2-10-3-6(7)8/h1-4,11H. The number of aromatic nitrogens is 2. The van der Waals surface area contributed by atoms with E-state index in [1.165, 1.54) is 0 Å². The van der Waals surface area contributed by atoms with Gasteiger partial charge in [0.1, 0.15) is 0 Å². The minimum absolute atomic E-state index is 0.514. The first-order valence-corrected chi connectivity index (χ1v) is 3.39. The van der Waals surface area contributed by atoms with Crippen molar-refractivity contribution in [2.45, 2.75) is 0 Å². The first-order valence-electron chi connectivity index (χ1n) is 3.39. The largest absolute Gasteiger partial charge is 0.386 e. The highest BCUT2D eigenvalue weighted by atomic mass is 16.5. The highest BCUT2D eigenvalue weighted by Crippen LogP contribution is 2.23. The van der Waals surface area contributed by atoms with Crippen LogP contribution in [0.15, 0.2) is 24.7 Å². The lowest BCUT2D eigenvalue weighted by molar-refractivity contribution is 0.513. The Morgan fingerprint density at radius 2 is 2.50 bits per heavy atom. The number of rotatable bonds is 1. The van der Waals surface area contributed by atoms with E-state index in [4.69, 9.17) is 10.00 Å². The van der Waals surface area contributed by atoms with E-state index in [0.29, 0.717) is 5.75 Å². The van der Waals surface area contributed by atoms with Gasteiger partial charge in [-0.25, -0.2) is 0 Å². The van der Waals surface area contributed by atoms with Gasteiger partial charge in [0.25, 0.3) is 6.26 Å². The topological polar surface area (TPSA) is 61.7 Å². The van der Waals surface area contributed by atoms with Crippen molar-refractivity contribution in [3.8, 4) is 12.0 Å². The second-order valence-electron chi connectivity index (χ2n) is 2.27. The quantitative estimate of drug-likeness (QED) is 0.640. The fourth-order valence-corrected chi connectivity index (χ4v) is 1.07. The zero-order valence-corrected chi connectivity index (χ0v) is 6.11. The number of H-pyrrole nitrogens is 1. The van der Waals surface area contributed by atoms with Crippen molar-refractivity contribution < 1.29 is 4.74 Å². The highest BCUT2D eigenvalue weighted by Gasteiger charge is 2.02. The molecule has 0 atom stereocenters. The van der Waals surface area contributed by atoms with Crippen molar-refractivity contribution >= 4 is 10.9 Å². The second kappa shape index (κ2) is 2.55. The molecule has 2 heterocycles. The molecule has 2 aromatic heterocycles. The average Bonchev–Trinajstić information content (AvgIpc) is 2.50. The lowest BCUT2D eigenvalue weighted by Gasteiger charge is -1.89. The Kier molecular flexibility index (Phi) is 1.42. The molecule has 0 saturated carbocycles. The third-order valence-electron chi connectivity index (χ3n) is 1.60. The summed E-state index contributed by atoms with van der Waals surface area (Å²) >= 11 is 0. The van der Waals surface area contributed by atoms with Crippen molar-refractivity contribution in [3.05, 3.63) is 24.7 Å². The molecule has 0 bridgehead atoms. The maximum atomic E-state index is 8.29. The third kappa shape index (κ3) is 0.883. The lowest BCUT2D eigenvalue weighted by atomic mass is 10.3. The maximum Gasteiger partial charge on any atom is 0.292 e. The molecule has 0 aliphatic carbocycles. The fraction of sp³-hybridized carbons (Fsp3) is 0. The van der Waals surface area contributed by atoms with E-state index < -0.39 is 0 Å². The van der Waals surface area contributed by atoms with Gasteiger partial charge in [0.15, 0.2) is 5.75 Å². The van der Waals surface area contributed by atoms with E-state index >= 15 is 0 Å². The first-order chi connectivity index (χ1) is 5.92. The average molecular weight is 159 g/mol. The van der Waals surface area contributed by atoms with Gasteiger partial charge in [0.05, 0.1) is 10.9 Å². The number of aromatic amines is 1. The van der Waals surface area contributed by atoms with Crippen molar-refractivity contribution in [3.63, 3.8) is 0 Å². The summed E-state index contributed by atoms with van der Waals surface area (Å²) in [6.07, 6.45) is 6.58. The Morgan fingerprint density at radius 3 is 3.33 bits per heavy atom. The van der Waals surface area contributed by atoms with E-state index in [2.05, 4.69) is 9.97 Å². The molecule has 4 nitrogen and oxygen atoms in total. The molecule has 0 aliphatic rings. The van der Waals surface area contributed by atoms with Gasteiger partial charge in [-0.1, -0.05) is 0 Å². The van der Waals surface area contributed by atoms with E-state index in [0.717, 1.165) is 10.9 Å². The van der Waals surface area contributed by atoms with Crippen LogP contribution in [0.25, 0.3) is 10.9 Å². The van der Waals surface area contributed by atoms with E-state index in [-0.39, 0.29) is 0 Å². The van der Waals surface area contributed by atoms with E-state index in [9.17, 15) is 0 Å². The molecule has 0 saturated heterocycles. The monoisotopic (exact) mass is 159 g/mol. The molecule has 0 aliphatic heterocycles. The molecule has 58 valence electrons. The Bertz CT molecular complexity index is 441. The van der Waals surface area contributed by atoms with Crippen LogP contribution in [0.1, 0.15) is 0 Å². The number of nitrogens with zero attached hydrogens (tertiary/aromatic N) is 2. The Hall–Kier alpha value is -2.02. The predicted molar refractivity (Wildman–Crippen MR) is 42.3 cm³/mol. The van der Waals surface area contributed by atoms with Crippen LogP contribution in [-0.2, 0) is 0 Å². The molecular weight excluding hydrogens is 154 g/mol. The minimum Gasteiger partial charge on any atom is -0.386 e. The zero-order valence-electron chi connectivity index (χ0n) is 6.11. The molecule has 2 aromatic rings. The maximum absolute atomic E-state index is 8.29.